The van der Waals surface area contributed by atoms with Gasteiger partial charge in [0, 0.05) is 0 Å². The minimum Gasteiger partial charge on any atom is -0.468 e. The molecule has 0 bridgehead atoms. The van der Waals surface area contributed by atoms with Crippen molar-refractivity contribution in [2.24, 2.45) is 0 Å². The number of rotatable bonds is 8. The van der Waals surface area contributed by atoms with Gasteiger partial charge in [0.2, 0.25) is 0 Å². The Balaban J connectivity index is 1.97. The predicted molar refractivity (Wildman–Crippen MR) is 62.8 cm³/mol. The molecule has 1 heterocycles. The minimum absolute atomic E-state index is 0.839. The van der Waals surface area contributed by atoms with Gasteiger partial charge in [0.1, 0.15) is 5.76 Å². The van der Waals surface area contributed by atoms with Crippen molar-refractivity contribution in [3.63, 3.8) is 0 Å². The van der Waals surface area contributed by atoms with Gasteiger partial charge < -0.3 is 14.6 Å². The molecule has 1 aromatic heterocycles. The van der Waals surface area contributed by atoms with E-state index >= 15 is 0 Å². The topological polar surface area (TPSA) is 28.4 Å². The number of nitrogens with one attached hydrogen (secondary N) is 1. The number of furan rings is 1. The Kier molecular flexibility index (Phi) is 6.12. The fourth-order valence-corrected chi connectivity index (χ4v) is 1.59. The van der Waals surface area contributed by atoms with Crippen LogP contribution >= 0.6 is 0 Å². The lowest BCUT2D eigenvalue weighted by Gasteiger charge is -2.17. The van der Waals surface area contributed by atoms with E-state index in [1.54, 1.807) is 6.26 Å². The van der Waals surface area contributed by atoms with Crippen LogP contribution in [0.5, 0.6) is 0 Å². The zero-order valence-electron chi connectivity index (χ0n) is 9.83. The Labute approximate surface area is 92.5 Å². The van der Waals surface area contributed by atoms with Crippen LogP contribution in [0.15, 0.2) is 22.8 Å². The summed E-state index contributed by atoms with van der Waals surface area (Å²) in [5.41, 5.74) is 0. The molecule has 0 spiro atoms. The summed E-state index contributed by atoms with van der Waals surface area (Å²) < 4.78 is 5.23. The average molecular weight is 210 g/mol. The monoisotopic (exact) mass is 210 g/mol. The second-order valence-electron chi connectivity index (χ2n) is 3.64. The van der Waals surface area contributed by atoms with Crippen molar-refractivity contribution in [2.75, 3.05) is 26.2 Å². The Morgan fingerprint density at radius 2 is 2.13 bits per heavy atom. The lowest BCUT2D eigenvalue weighted by Crippen LogP contribution is -2.27. The normalized spacial score (nSPS) is 11.1. The molecular weight excluding hydrogens is 188 g/mol. The summed E-state index contributed by atoms with van der Waals surface area (Å²) in [7, 11) is 0. The van der Waals surface area contributed by atoms with Crippen LogP contribution in [-0.4, -0.2) is 31.1 Å². The van der Waals surface area contributed by atoms with E-state index in [9.17, 15) is 0 Å². The molecule has 0 saturated heterocycles. The Hall–Kier alpha value is -0.800. The van der Waals surface area contributed by atoms with Gasteiger partial charge in [-0.3, -0.25) is 0 Å². The van der Waals surface area contributed by atoms with Gasteiger partial charge in [-0.05, 0) is 44.7 Å². The molecular formula is C12H22N2O. The number of hydrogen-bond acceptors (Lipinski definition) is 3. The molecule has 15 heavy (non-hydrogen) atoms. The molecule has 1 N–H and O–H groups in total. The molecule has 3 nitrogen and oxygen atoms in total. The molecule has 1 rings (SSSR count). The lowest BCUT2D eigenvalue weighted by atomic mass is 10.3. The molecule has 0 aliphatic rings. The second kappa shape index (κ2) is 7.49. The third-order valence-corrected chi connectivity index (χ3v) is 2.60. The first kappa shape index (κ1) is 12.3. The van der Waals surface area contributed by atoms with E-state index < -0.39 is 0 Å². The van der Waals surface area contributed by atoms with Crippen molar-refractivity contribution in [1.29, 1.82) is 0 Å². The quantitative estimate of drug-likeness (QED) is 0.666. The smallest absolute Gasteiger partial charge is 0.117 e. The van der Waals surface area contributed by atoms with Crippen LogP contribution in [0, 0.1) is 0 Å². The maximum absolute atomic E-state index is 5.23. The number of nitrogens with zero attached hydrogens (tertiary/aromatic N) is 1. The Bertz CT molecular complexity index is 230. The third kappa shape index (κ3) is 5.00. The summed E-state index contributed by atoms with van der Waals surface area (Å²) in [6.07, 6.45) is 2.91. The molecule has 0 unspecified atom stereocenters. The summed E-state index contributed by atoms with van der Waals surface area (Å²) >= 11 is 0. The highest BCUT2D eigenvalue weighted by atomic mass is 16.3. The lowest BCUT2D eigenvalue weighted by molar-refractivity contribution is 0.297. The van der Waals surface area contributed by atoms with Crippen molar-refractivity contribution >= 4 is 0 Å². The molecule has 0 fully saturated rings. The molecule has 0 aliphatic carbocycles. The van der Waals surface area contributed by atoms with Crippen LogP contribution in [0.2, 0.25) is 0 Å². The number of hydrogen-bond donors (Lipinski definition) is 1. The first-order valence-corrected chi connectivity index (χ1v) is 5.82. The van der Waals surface area contributed by atoms with Gasteiger partial charge in [0.05, 0.1) is 12.8 Å². The summed E-state index contributed by atoms with van der Waals surface area (Å²) in [6.45, 7) is 9.78. The van der Waals surface area contributed by atoms with Gasteiger partial charge in [0.15, 0.2) is 0 Å². The standard InChI is InChI=1S/C12H22N2O/c1-3-14(4-2)9-6-8-13-11-12-7-5-10-15-12/h5,7,10,13H,3-4,6,8-9,11H2,1-2H3. The van der Waals surface area contributed by atoms with Gasteiger partial charge in [0.25, 0.3) is 0 Å². The molecule has 0 amide bonds. The first-order chi connectivity index (χ1) is 7.36. The van der Waals surface area contributed by atoms with E-state index in [1.165, 1.54) is 13.0 Å². The first-order valence-electron chi connectivity index (χ1n) is 5.82. The second-order valence-corrected chi connectivity index (χ2v) is 3.64. The van der Waals surface area contributed by atoms with Crippen LogP contribution in [0.4, 0.5) is 0 Å². The van der Waals surface area contributed by atoms with Gasteiger partial charge in [-0.25, -0.2) is 0 Å². The van der Waals surface area contributed by atoms with Crippen molar-refractivity contribution in [3.05, 3.63) is 24.2 Å². The van der Waals surface area contributed by atoms with Gasteiger partial charge in [-0.2, -0.15) is 0 Å². The van der Waals surface area contributed by atoms with Crippen molar-refractivity contribution in [1.82, 2.24) is 10.2 Å². The molecule has 0 radical (unpaired) electrons. The molecule has 0 atom stereocenters. The van der Waals surface area contributed by atoms with Crippen LogP contribution in [0.25, 0.3) is 0 Å². The molecule has 86 valence electrons. The third-order valence-electron chi connectivity index (χ3n) is 2.60. The fraction of sp³-hybridized carbons (Fsp3) is 0.667. The zero-order valence-corrected chi connectivity index (χ0v) is 9.83. The zero-order chi connectivity index (χ0) is 10.9. The highest BCUT2D eigenvalue weighted by Gasteiger charge is 1.98. The van der Waals surface area contributed by atoms with Gasteiger partial charge in [-0.15, -0.1) is 0 Å². The Morgan fingerprint density at radius 3 is 2.73 bits per heavy atom. The van der Waals surface area contributed by atoms with Crippen LogP contribution in [-0.2, 0) is 6.54 Å². The van der Waals surface area contributed by atoms with E-state index in [4.69, 9.17) is 4.42 Å². The molecule has 0 saturated carbocycles. The summed E-state index contributed by atoms with van der Waals surface area (Å²) in [5, 5.41) is 3.37. The predicted octanol–water partition coefficient (Wildman–Crippen LogP) is 2.10. The van der Waals surface area contributed by atoms with Crippen molar-refractivity contribution in [3.8, 4) is 0 Å². The SMILES string of the molecule is CCN(CC)CCCNCc1ccco1. The van der Waals surface area contributed by atoms with Gasteiger partial charge >= 0.3 is 0 Å². The van der Waals surface area contributed by atoms with Crippen molar-refractivity contribution in [2.45, 2.75) is 26.8 Å². The van der Waals surface area contributed by atoms with E-state index in [0.29, 0.717) is 0 Å². The molecule has 0 aliphatic heterocycles. The largest absolute Gasteiger partial charge is 0.468 e. The van der Waals surface area contributed by atoms with E-state index in [2.05, 4.69) is 24.1 Å². The summed E-state index contributed by atoms with van der Waals surface area (Å²) in [4.78, 5) is 2.44. The van der Waals surface area contributed by atoms with Crippen LogP contribution in [0.1, 0.15) is 26.0 Å². The molecule has 3 heteroatoms. The Morgan fingerprint density at radius 1 is 1.33 bits per heavy atom. The van der Waals surface area contributed by atoms with Gasteiger partial charge in [-0.1, -0.05) is 13.8 Å². The maximum atomic E-state index is 5.23. The molecule has 0 aromatic carbocycles. The van der Waals surface area contributed by atoms with E-state index in [-0.39, 0.29) is 0 Å². The highest BCUT2D eigenvalue weighted by molar-refractivity contribution is 4.97. The van der Waals surface area contributed by atoms with E-state index in [1.807, 2.05) is 12.1 Å². The van der Waals surface area contributed by atoms with E-state index in [0.717, 1.165) is 31.9 Å². The molecule has 1 aromatic rings. The maximum Gasteiger partial charge on any atom is 0.117 e. The van der Waals surface area contributed by atoms with Crippen LogP contribution < -0.4 is 5.32 Å². The average Bonchev–Trinajstić information content (AvgIpc) is 2.76. The fourth-order valence-electron chi connectivity index (χ4n) is 1.59. The highest BCUT2D eigenvalue weighted by Crippen LogP contribution is 1.98. The van der Waals surface area contributed by atoms with Crippen molar-refractivity contribution < 1.29 is 4.42 Å². The van der Waals surface area contributed by atoms with Crippen LogP contribution in [0.3, 0.4) is 0 Å². The summed E-state index contributed by atoms with van der Waals surface area (Å²) in [5.74, 6) is 1.01. The minimum atomic E-state index is 0.839. The summed E-state index contributed by atoms with van der Waals surface area (Å²) in [6, 6.07) is 3.92.